The van der Waals surface area contributed by atoms with Crippen LogP contribution < -0.4 is 10.2 Å². The zero-order chi connectivity index (χ0) is 19.5. The number of hydrogen-bond acceptors (Lipinski definition) is 6. The fourth-order valence-electron chi connectivity index (χ4n) is 2.93. The molecular weight excluding hydrogens is 399 g/mol. The predicted octanol–water partition coefficient (Wildman–Crippen LogP) is 3.61. The fourth-order valence-corrected chi connectivity index (χ4v) is 4.55. The number of thioether (sulfide) groups is 1. The minimum Gasteiger partial charge on any atom is -0.311 e. The predicted molar refractivity (Wildman–Crippen MR) is 107 cm³/mol. The van der Waals surface area contributed by atoms with Gasteiger partial charge in [0.15, 0.2) is 4.34 Å². The van der Waals surface area contributed by atoms with Crippen molar-refractivity contribution in [1.82, 2.24) is 10.2 Å². The zero-order valence-electron chi connectivity index (χ0n) is 14.6. The average Bonchev–Trinajstić information content (AvgIpc) is 3.33. The van der Waals surface area contributed by atoms with Gasteiger partial charge in [0.2, 0.25) is 11.0 Å². The normalized spacial score (nSPS) is 12.7. The molecular formula is C19H15FN4O2S2. The van der Waals surface area contributed by atoms with Gasteiger partial charge in [-0.1, -0.05) is 53.4 Å². The summed E-state index contributed by atoms with van der Waals surface area (Å²) in [6.07, 6.45) is 0.859. The first-order chi connectivity index (χ1) is 13.6. The summed E-state index contributed by atoms with van der Waals surface area (Å²) < 4.78 is 14.2. The van der Waals surface area contributed by atoms with Crippen LogP contribution in [0, 0.1) is 5.82 Å². The third-order valence-electron chi connectivity index (χ3n) is 4.25. The summed E-state index contributed by atoms with van der Waals surface area (Å²) >= 11 is 2.41. The summed E-state index contributed by atoms with van der Waals surface area (Å²) in [5.41, 5.74) is 2.08. The summed E-state index contributed by atoms with van der Waals surface area (Å²) in [5.74, 6) is -0.960. The van der Waals surface area contributed by atoms with Crippen LogP contribution in [0.25, 0.3) is 0 Å². The van der Waals surface area contributed by atoms with Crippen LogP contribution in [0.5, 0.6) is 0 Å². The van der Waals surface area contributed by atoms with Crippen LogP contribution in [-0.2, 0) is 11.2 Å². The van der Waals surface area contributed by atoms with E-state index < -0.39 is 11.7 Å². The van der Waals surface area contributed by atoms with Crippen molar-refractivity contribution in [2.45, 2.75) is 10.8 Å². The smallest absolute Gasteiger partial charge is 0.260 e. The number of amides is 2. The molecule has 28 heavy (non-hydrogen) atoms. The lowest BCUT2D eigenvalue weighted by Crippen LogP contribution is -2.30. The molecule has 0 fully saturated rings. The van der Waals surface area contributed by atoms with Gasteiger partial charge in [0.05, 0.1) is 11.3 Å². The number of anilines is 2. The lowest BCUT2D eigenvalue weighted by atomic mass is 10.2. The number of halogens is 1. The van der Waals surface area contributed by atoms with E-state index in [1.54, 1.807) is 11.0 Å². The second kappa shape index (κ2) is 8.07. The molecule has 0 aliphatic carbocycles. The molecule has 0 unspecified atom stereocenters. The lowest BCUT2D eigenvalue weighted by molar-refractivity contribution is -0.116. The zero-order valence-corrected chi connectivity index (χ0v) is 16.2. The molecule has 6 nitrogen and oxygen atoms in total. The lowest BCUT2D eigenvalue weighted by Gasteiger charge is -2.16. The van der Waals surface area contributed by atoms with Crippen LogP contribution in [0.1, 0.15) is 15.9 Å². The van der Waals surface area contributed by atoms with Crippen molar-refractivity contribution in [3.63, 3.8) is 0 Å². The number of nitrogens with zero attached hydrogens (tertiary/aromatic N) is 3. The largest absolute Gasteiger partial charge is 0.311 e. The number of fused-ring (bicyclic) bond motifs is 1. The summed E-state index contributed by atoms with van der Waals surface area (Å²) in [4.78, 5) is 26.4. The molecule has 0 bridgehead atoms. The van der Waals surface area contributed by atoms with Crippen molar-refractivity contribution in [2.75, 3.05) is 22.5 Å². The van der Waals surface area contributed by atoms with E-state index in [1.165, 1.54) is 35.5 Å². The van der Waals surface area contributed by atoms with Crippen LogP contribution in [0.4, 0.5) is 15.2 Å². The van der Waals surface area contributed by atoms with Gasteiger partial charge in [0, 0.05) is 12.2 Å². The Hall–Kier alpha value is -2.78. The van der Waals surface area contributed by atoms with Crippen molar-refractivity contribution >= 4 is 45.7 Å². The molecule has 4 rings (SSSR count). The molecule has 1 aromatic heterocycles. The molecule has 3 aromatic rings. The van der Waals surface area contributed by atoms with Crippen molar-refractivity contribution in [1.29, 1.82) is 0 Å². The first-order valence-corrected chi connectivity index (χ1v) is 10.3. The minimum absolute atomic E-state index is 0.00194. The Morgan fingerprint density at radius 2 is 1.93 bits per heavy atom. The second-order valence-corrected chi connectivity index (χ2v) is 8.22. The third-order valence-corrected chi connectivity index (χ3v) is 6.21. The topological polar surface area (TPSA) is 75.2 Å². The molecule has 9 heteroatoms. The molecule has 1 aliphatic rings. The molecule has 0 saturated carbocycles. The van der Waals surface area contributed by atoms with Gasteiger partial charge in [-0.3, -0.25) is 14.9 Å². The van der Waals surface area contributed by atoms with Gasteiger partial charge in [-0.2, -0.15) is 0 Å². The van der Waals surface area contributed by atoms with E-state index in [9.17, 15) is 14.0 Å². The van der Waals surface area contributed by atoms with Crippen LogP contribution in [0.15, 0.2) is 52.9 Å². The fraction of sp³-hybridized carbons (Fsp3) is 0.158. The molecule has 0 saturated heterocycles. The summed E-state index contributed by atoms with van der Waals surface area (Å²) in [5, 5.41) is 10.7. The monoisotopic (exact) mass is 414 g/mol. The van der Waals surface area contributed by atoms with E-state index in [-0.39, 0.29) is 22.4 Å². The molecule has 2 heterocycles. The highest BCUT2D eigenvalue weighted by molar-refractivity contribution is 8.01. The highest BCUT2D eigenvalue weighted by atomic mass is 32.2. The van der Waals surface area contributed by atoms with Gasteiger partial charge in [-0.15, -0.1) is 10.2 Å². The summed E-state index contributed by atoms with van der Waals surface area (Å²) in [6, 6.07) is 13.6. The molecule has 2 aromatic carbocycles. The minimum atomic E-state index is -0.601. The second-order valence-electron chi connectivity index (χ2n) is 6.02. The van der Waals surface area contributed by atoms with Crippen molar-refractivity contribution in [3.05, 3.63) is 65.5 Å². The van der Waals surface area contributed by atoms with E-state index in [1.807, 2.05) is 24.3 Å². The number of hydrogen-bond donors (Lipinski definition) is 1. The number of nitrogens with one attached hydrogen (secondary N) is 1. The number of benzene rings is 2. The Balaban J connectivity index is 1.35. The average molecular weight is 414 g/mol. The van der Waals surface area contributed by atoms with Crippen molar-refractivity contribution < 1.29 is 14.0 Å². The summed E-state index contributed by atoms with van der Waals surface area (Å²) in [6.45, 7) is 0.679. The Morgan fingerprint density at radius 3 is 2.79 bits per heavy atom. The molecule has 2 amide bonds. The highest BCUT2D eigenvalue weighted by Crippen LogP contribution is 2.30. The van der Waals surface area contributed by atoms with Gasteiger partial charge in [-0.05, 0) is 30.2 Å². The molecule has 1 aliphatic heterocycles. The Bertz CT molecular complexity index is 1040. The third kappa shape index (κ3) is 3.90. The van der Waals surface area contributed by atoms with Crippen LogP contribution in [0.3, 0.4) is 0 Å². The van der Waals surface area contributed by atoms with E-state index in [4.69, 9.17) is 0 Å². The SMILES string of the molecule is O=C(Nc1nnc(SCC(=O)N2CCc3ccccc32)s1)c1ccccc1F. The van der Waals surface area contributed by atoms with E-state index in [0.29, 0.717) is 10.9 Å². The Labute approximate surface area is 168 Å². The number of carbonyl (C=O) groups is 2. The standard InChI is InChI=1S/C19H15FN4O2S2/c20-14-7-3-2-6-13(14)17(26)21-18-22-23-19(28-18)27-11-16(25)24-10-9-12-5-1-4-8-15(12)24/h1-8H,9-11H2,(H,21,22,26). The molecule has 0 atom stereocenters. The van der Waals surface area contributed by atoms with Crippen molar-refractivity contribution in [2.24, 2.45) is 0 Å². The number of carbonyl (C=O) groups excluding carboxylic acids is 2. The van der Waals surface area contributed by atoms with Gasteiger partial charge < -0.3 is 4.90 Å². The first kappa shape index (κ1) is 18.6. The van der Waals surface area contributed by atoms with E-state index in [2.05, 4.69) is 15.5 Å². The van der Waals surface area contributed by atoms with Gasteiger partial charge in [-0.25, -0.2) is 4.39 Å². The van der Waals surface area contributed by atoms with Gasteiger partial charge in [0.25, 0.3) is 5.91 Å². The van der Waals surface area contributed by atoms with Gasteiger partial charge >= 0.3 is 0 Å². The van der Waals surface area contributed by atoms with E-state index >= 15 is 0 Å². The maximum Gasteiger partial charge on any atom is 0.260 e. The first-order valence-electron chi connectivity index (χ1n) is 8.52. The molecule has 1 N–H and O–H groups in total. The Morgan fingerprint density at radius 1 is 1.14 bits per heavy atom. The molecule has 142 valence electrons. The maximum absolute atomic E-state index is 13.7. The number of para-hydroxylation sites is 1. The number of rotatable bonds is 5. The van der Waals surface area contributed by atoms with Gasteiger partial charge in [0.1, 0.15) is 5.82 Å². The van der Waals surface area contributed by atoms with Crippen molar-refractivity contribution in [3.8, 4) is 0 Å². The highest BCUT2D eigenvalue weighted by Gasteiger charge is 2.24. The van der Waals surface area contributed by atoms with E-state index in [0.717, 1.165) is 23.4 Å². The Kier molecular flexibility index (Phi) is 5.36. The maximum atomic E-state index is 13.7. The summed E-state index contributed by atoms with van der Waals surface area (Å²) in [7, 11) is 0. The number of aromatic nitrogens is 2. The van der Waals surface area contributed by atoms with Crippen LogP contribution in [0.2, 0.25) is 0 Å². The quantitative estimate of drug-likeness (QED) is 0.510. The molecule has 0 radical (unpaired) electrons. The molecule has 0 spiro atoms. The van der Waals surface area contributed by atoms with Crippen LogP contribution in [-0.4, -0.2) is 34.3 Å². The van der Waals surface area contributed by atoms with Crippen LogP contribution >= 0.6 is 23.1 Å².